The number of hydrogen-bond acceptors (Lipinski definition) is 1. The summed E-state index contributed by atoms with van der Waals surface area (Å²) in [5.41, 5.74) is 0.978. The lowest BCUT2D eigenvalue weighted by atomic mass is 9.92. The van der Waals surface area contributed by atoms with Crippen LogP contribution < -0.4 is 5.32 Å². The summed E-state index contributed by atoms with van der Waals surface area (Å²) in [5, 5.41) is 3.12. The van der Waals surface area contributed by atoms with Crippen LogP contribution in [0.2, 0.25) is 0 Å². The minimum absolute atomic E-state index is 0.00458. The number of benzene rings is 1. The van der Waals surface area contributed by atoms with E-state index >= 15 is 0 Å². The zero-order chi connectivity index (χ0) is 13.2. The second-order valence-corrected chi connectivity index (χ2v) is 5.08. The van der Waals surface area contributed by atoms with Crippen molar-refractivity contribution < 1.29 is 13.2 Å². The Morgan fingerprint density at radius 2 is 2.00 bits per heavy atom. The lowest BCUT2D eigenvalue weighted by Crippen LogP contribution is -2.35. The second-order valence-electron chi connectivity index (χ2n) is 5.08. The Balaban J connectivity index is 1.99. The molecule has 2 rings (SSSR count). The van der Waals surface area contributed by atoms with E-state index in [0.717, 1.165) is 5.56 Å². The maximum atomic E-state index is 13.2. The Morgan fingerprint density at radius 1 is 1.33 bits per heavy atom. The smallest absolute Gasteiger partial charge is 0.248 e. The van der Waals surface area contributed by atoms with Crippen molar-refractivity contribution in [2.45, 2.75) is 37.6 Å². The third-order valence-corrected chi connectivity index (χ3v) is 3.75. The van der Waals surface area contributed by atoms with Gasteiger partial charge in [0.2, 0.25) is 5.92 Å². The Bertz CT molecular complexity index is 389. The summed E-state index contributed by atoms with van der Waals surface area (Å²) in [6.45, 7) is 0. The van der Waals surface area contributed by atoms with E-state index in [1.807, 2.05) is 0 Å². The molecule has 18 heavy (non-hydrogen) atoms. The molecule has 1 aromatic carbocycles. The summed E-state index contributed by atoms with van der Waals surface area (Å²) in [6, 6.07) is 6.28. The van der Waals surface area contributed by atoms with Crippen molar-refractivity contribution in [3.05, 3.63) is 35.6 Å². The molecule has 1 aliphatic carbocycles. The highest BCUT2D eigenvalue weighted by molar-refractivity contribution is 5.17. The molecule has 0 saturated heterocycles. The lowest BCUT2D eigenvalue weighted by Gasteiger charge is -2.23. The minimum Gasteiger partial charge on any atom is -0.316 e. The standard InChI is InChI=1S/C14H18F3N/c1-18-13(11-6-7-14(16,17)9-11)8-10-2-4-12(15)5-3-10/h2-5,11,13,18H,6-9H2,1H3. The number of likely N-dealkylation sites (N-methyl/N-ethyl adjacent to an activating group) is 1. The maximum absolute atomic E-state index is 13.2. The summed E-state index contributed by atoms with van der Waals surface area (Å²) in [7, 11) is 1.80. The van der Waals surface area contributed by atoms with Crippen LogP contribution in [-0.4, -0.2) is 19.0 Å². The van der Waals surface area contributed by atoms with Gasteiger partial charge in [-0.1, -0.05) is 12.1 Å². The van der Waals surface area contributed by atoms with Crippen LogP contribution in [0.3, 0.4) is 0 Å². The fourth-order valence-electron chi connectivity index (χ4n) is 2.71. The molecule has 1 N–H and O–H groups in total. The van der Waals surface area contributed by atoms with E-state index in [-0.39, 0.29) is 30.6 Å². The molecule has 0 aromatic heterocycles. The number of alkyl halides is 2. The van der Waals surface area contributed by atoms with Gasteiger partial charge in [0.1, 0.15) is 5.82 Å². The third kappa shape index (κ3) is 3.25. The molecular formula is C14H18F3N. The molecule has 100 valence electrons. The quantitative estimate of drug-likeness (QED) is 0.871. The summed E-state index contributed by atoms with van der Waals surface area (Å²) >= 11 is 0. The summed E-state index contributed by atoms with van der Waals surface area (Å²) < 4.78 is 39.2. The molecule has 1 saturated carbocycles. The number of rotatable bonds is 4. The Labute approximate surface area is 105 Å². The molecule has 2 atom stereocenters. The summed E-state index contributed by atoms with van der Waals surface area (Å²) in [5.74, 6) is -2.79. The molecule has 0 spiro atoms. The first-order chi connectivity index (χ1) is 8.50. The van der Waals surface area contributed by atoms with Crippen molar-refractivity contribution >= 4 is 0 Å². The molecule has 4 heteroatoms. The average molecular weight is 257 g/mol. The fourth-order valence-corrected chi connectivity index (χ4v) is 2.71. The lowest BCUT2D eigenvalue weighted by molar-refractivity contribution is 0.00343. The van der Waals surface area contributed by atoms with E-state index < -0.39 is 5.92 Å². The minimum atomic E-state index is -2.51. The molecule has 1 nitrogen and oxygen atoms in total. The van der Waals surface area contributed by atoms with Crippen molar-refractivity contribution in [3.63, 3.8) is 0 Å². The van der Waals surface area contributed by atoms with Crippen LogP contribution in [0.15, 0.2) is 24.3 Å². The van der Waals surface area contributed by atoms with Gasteiger partial charge in [-0.25, -0.2) is 13.2 Å². The highest BCUT2D eigenvalue weighted by atomic mass is 19.3. The van der Waals surface area contributed by atoms with Crippen molar-refractivity contribution in [2.75, 3.05) is 7.05 Å². The van der Waals surface area contributed by atoms with Crippen molar-refractivity contribution in [3.8, 4) is 0 Å². The molecule has 0 bridgehead atoms. The van der Waals surface area contributed by atoms with Gasteiger partial charge in [-0.05, 0) is 43.5 Å². The molecule has 0 heterocycles. The van der Waals surface area contributed by atoms with Crippen LogP contribution >= 0.6 is 0 Å². The van der Waals surface area contributed by atoms with Crippen molar-refractivity contribution in [2.24, 2.45) is 5.92 Å². The predicted octanol–water partition coefficient (Wildman–Crippen LogP) is 3.39. The molecule has 0 radical (unpaired) electrons. The largest absolute Gasteiger partial charge is 0.316 e. The van der Waals surface area contributed by atoms with Crippen LogP contribution in [0.4, 0.5) is 13.2 Å². The number of hydrogen-bond donors (Lipinski definition) is 1. The zero-order valence-corrected chi connectivity index (χ0v) is 10.4. The fraction of sp³-hybridized carbons (Fsp3) is 0.571. The first kappa shape index (κ1) is 13.4. The van der Waals surface area contributed by atoms with Crippen LogP contribution in [-0.2, 0) is 6.42 Å². The number of halogens is 3. The zero-order valence-electron chi connectivity index (χ0n) is 10.4. The molecule has 1 aromatic rings. The maximum Gasteiger partial charge on any atom is 0.248 e. The van der Waals surface area contributed by atoms with E-state index in [1.54, 1.807) is 19.2 Å². The van der Waals surface area contributed by atoms with Crippen LogP contribution in [0.25, 0.3) is 0 Å². The Hall–Kier alpha value is -1.03. The van der Waals surface area contributed by atoms with Gasteiger partial charge in [0.15, 0.2) is 0 Å². The normalized spacial score (nSPS) is 24.1. The van der Waals surface area contributed by atoms with E-state index in [1.165, 1.54) is 12.1 Å². The first-order valence-corrected chi connectivity index (χ1v) is 6.30. The van der Waals surface area contributed by atoms with Gasteiger partial charge in [0, 0.05) is 18.9 Å². The first-order valence-electron chi connectivity index (χ1n) is 6.30. The van der Waals surface area contributed by atoms with Gasteiger partial charge in [0.25, 0.3) is 0 Å². The molecule has 0 amide bonds. The van der Waals surface area contributed by atoms with Gasteiger partial charge in [-0.3, -0.25) is 0 Å². The van der Waals surface area contributed by atoms with Gasteiger partial charge >= 0.3 is 0 Å². The average Bonchev–Trinajstić information content (AvgIpc) is 2.69. The molecule has 1 aliphatic rings. The highest BCUT2D eigenvalue weighted by Crippen LogP contribution is 2.40. The van der Waals surface area contributed by atoms with E-state index in [9.17, 15) is 13.2 Å². The monoisotopic (exact) mass is 257 g/mol. The van der Waals surface area contributed by atoms with Crippen molar-refractivity contribution in [1.29, 1.82) is 0 Å². The van der Waals surface area contributed by atoms with E-state index in [0.29, 0.717) is 12.8 Å². The van der Waals surface area contributed by atoms with Gasteiger partial charge in [-0.2, -0.15) is 0 Å². The molecule has 0 aliphatic heterocycles. The second kappa shape index (κ2) is 5.31. The van der Waals surface area contributed by atoms with Gasteiger partial charge in [0.05, 0.1) is 0 Å². The highest BCUT2D eigenvalue weighted by Gasteiger charge is 2.41. The Kier molecular flexibility index (Phi) is 3.95. The molecular weight excluding hydrogens is 239 g/mol. The van der Waals surface area contributed by atoms with E-state index in [4.69, 9.17) is 0 Å². The predicted molar refractivity (Wildman–Crippen MR) is 65.2 cm³/mol. The van der Waals surface area contributed by atoms with Gasteiger partial charge in [-0.15, -0.1) is 0 Å². The molecule has 2 unspecified atom stereocenters. The van der Waals surface area contributed by atoms with Crippen LogP contribution in [0.1, 0.15) is 24.8 Å². The van der Waals surface area contributed by atoms with Gasteiger partial charge < -0.3 is 5.32 Å². The third-order valence-electron chi connectivity index (χ3n) is 3.75. The van der Waals surface area contributed by atoms with Crippen LogP contribution in [0.5, 0.6) is 0 Å². The Morgan fingerprint density at radius 3 is 2.50 bits per heavy atom. The number of nitrogens with one attached hydrogen (secondary N) is 1. The SMILES string of the molecule is CNC(Cc1ccc(F)cc1)C1CCC(F)(F)C1. The summed E-state index contributed by atoms with van der Waals surface area (Å²) in [6.07, 6.45) is 1.16. The summed E-state index contributed by atoms with van der Waals surface area (Å²) in [4.78, 5) is 0. The molecule has 1 fully saturated rings. The topological polar surface area (TPSA) is 12.0 Å². The van der Waals surface area contributed by atoms with Crippen LogP contribution in [0, 0.1) is 11.7 Å². The van der Waals surface area contributed by atoms with Crippen molar-refractivity contribution in [1.82, 2.24) is 5.32 Å². The van der Waals surface area contributed by atoms with E-state index in [2.05, 4.69) is 5.32 Å².